The molecule has 0 aliphatic rings. The quantitative estimate of drug-likeness (QED) is 0.322. The van der Waals surface area contributed by atoms with E-state index in [0.29, 0.717) is 54.7 Å². The van der Waals surface area contributed by atoms with Crippen molar-refractivity contribution in [2.45, 2.75) is 20.3 Å². The number of nitrogens with one attached hydrogen (secondary N) is 1. The second-order valence-corrected chi connectivity index (χ2v) is 7.05. The van der Waals surface area contributed by atoms with Crippen LogP contribution in [-0.4, -0.2) is 52.0 Å². The van der Waals surface area contributed by atoms with Crippen LogP contribution in [0.25, 0.3) is 6.08 Å². The summed E-state index contributed by atoms with van der Waals surface area (Å²) in [5.41, 5.74) is 1.64. The molecule has 186 valence electrons. The summed E-state index contributed by atoms with van der Waals surface area (Å²) in [5, 5.41) is 11.3. The van der Waals surface area contributed by atoms with Crippen molar-refractivity contribution in [2.24, 2.45) is 0 Å². The highest BCUT2D eigenvalue weighted by atomic mass is 16.5. The molecule has 0 saturated carbocycles. The number of ether oxygens (including phenoxy) is 5. The molecule has 0 aliphatic carbocycles. The summed E-state index contributed by atoms with van der Waals surface area (Å²) in [6.07, 6.45) is 3.33. The lowest BCUT2D eigenvalue weighted by molar-refractivity contribution is -0.143. The number of esters is 1. The number of carbonyl (C=O) groups is 2. The topological polar surface area (TPSA) is 116 Å². The van der Waals surface area contributed by atoms with E-state index in [2.05, 4.69) is 5.32 Å². The minimum absolute atomic E-state index is 0.103. The van der Waals surface area contributed by atoms with Gasteiger partial charge in [-0.05, 0) is 61.7 Å². The van der Waals surface area contributed by atoms with Gasteiger partial charge in [0.05, 0.1) is 20.3 Å². The van der Waals surface area contributed by atoms with E-state index in [0.717, 1.165) is 5.56 Å². The number of amides is 1. The molecule has 2 aromatic rings. The summed E-state index contributed by atoms with van der Waals surface area (Å²) in [7, 11) is 1.47. The normalized spacial score (nSPS) is 10.3. The second-order valence-electron chi connectivity index (χ2n) is 7.05. The molecule has 35 heavy (non-hydrogen) atoms. The van der Waals surface area contributed by atoms with Crippen molar-refractivity contribution in [3.8, 4) is 29.1 Å². The minimum Gasteiger partial charge on any atom is -0.493 e. The number of nitriles is 1. The fourth-order valence-corrected chi connectivity index (χ4v) is 3.01. The molecule has 0 saturated heterocycles. The van der Waals surface area contributed by atoms with Crippen LogP contribution in [0.1, 0.15) is 25.0 Å². The first kappa shape index (κ1) is 27.1. The molecule has 0 unspecified atom stereocenters. The van der Waals surface area contributed by atoms with Crippen molar-refractivity contribution in [1.82, 2.24) is 5.32 Å². The van der Waals surface area contributed by atoms with E-state index in [1.807, 2.05) is 38.1 Å². The number of hydrogen-bond donors (Lipinski definition) is 1. The van der Waals surface area contributed by atoms with Crippen LogP contribution < -0.4 is 24.3 Å². The van der Waals surface area contributed by atoms with E-state index < -0.39 is 11.9 Å². The molecule has 0 atom stereocenters. The fraction of sp³-hybridized carbons (Fsp3) is 0.346. The Hall–Kier alpha value is -4.19. The third-order valence-corrected chi connectivity index (χ3v) is 4.58. The molecule has 2 rings (SSSR count). The monoisotopic (exact) mass is 482 g/mol. The van der Waals surface area contributed by atoms with E-state index in [-0.39, 0.29) is 13.2 Å². The molecule has 1 N–H and O–H groups in total. The smallest absolute Gasteiger partial charge is 0.331 e. The van der Waals surface area contributed by atoms with Crippen LogP contribution in [0, 0.1) is 11.3 Å². The molecule has 2 aromatic carbocycles. The molecule has 1 amide bonds. The van der Waals surface area contributed by atoms with Gasteiger partial charge in [-0.2, -0.15) is 5.26 Å². The van der Waals surface area contributed by atoms with Crippen LogP contribution in [0.4, 0.5) is 0 Å². The van der Waals surface area contributed by atoms with Crippen LogP contribution in [0.5, 0.6) is 23.0 Å². The highest BCUT2D eigenvalue weighted by molar-refractivity contribution is 5.89. The Balaban J connectivity index is 1.78. The maximum atomic E-state index is 12.0. The molecule has 9 nitrogen and oxygen atoms in total. The van der Waals surface area contributed by atoms with E-state index in [1.54, 1.807) is 18.2 Å². The average Bonchev–Trinajstić information content (AvgIpc) is 2.86. The summed E-state index contributed by atoms with van der Waals surface area (Å²) in [6.45, 7) is 4.77. The van der Waals surface area contributed by atoms with Gasteiger partial charge in [0, 0.05) is 12.6 Å². The Morgan fingerprint density at radius 3 is 2.40 bits per heavy atom. The van der Waals surface area contributed by atoms with E-state index >= 15 is 0 Å². The molecule has 0 spiro atoms. The Bertz CT molecular complexity index is 1060. The second kappa shape index (κ2) is 14.9. The summed E-state index contributed by atoms with van der Waals surface area (Å²) in [4.78, 5) is 24.0. The van der Waals surface area contributed by atoms with E-state index in [4.69, 9.17) is 28.9 Å². The standard InChI is InChI=1S/C26H30N2O7/c1-4-32-22-10-7-20(17-24(22)33-5-2)12-14-28-25(29)18-35-26(30)11-8-19-6-9-21(34-15-13-27)23(16-19)31-3/h6-11,16-17H,4-5,12,14-15,18H2,1-3H3,(H,28,29)/b11-8+. The molecular formula is C26H30N2O7. The third kappa shape index (κ3) is 9.29. The molecule has 0 aliphatic heterocycles. The van der Waals surface area contributed by atoms with Crippen molar-refractivity contribution < 1.29 is 33.3 Å². The van der Waals surface area contributed by atoms with Crippen LogP contribution in [0.2, 0.25) is 0 Å². The number of hydrogen-bond acceptors (Lipinski definition) is 8. The number of carbonyl (C=O) groups excluding carboxylic acids is 2. The first-order chi connectivity index (χ1) is 17.0. The van der Waals surface area contributed by atoms with E-state index in [1.165, 1.54) is 19.3 Å². The van der Waals surface area contributed by atoms with Gasteiger partial charge in [0.1, 0.15) is 6.07 Å². The van der Waals surface area contributed by atoms with Crippen LogP contribution in [0.3, 0.4) is 0 Å². The summed E-state index contributed by atoms with van der Waals surface area (Å²) >= 11 is 0. The lowest BCUT2D eigenvalue weighted by atomic mass is 10.1. The first-order valence-electron chi connectivity index (χ1n) is 11.2. The van der Waals surface area contributed by atoms with Gasteiger partial charge < -0.3 is 29.0 Å². The average molecular weight is 483 g/mol. The molecule has 0 bridgehead atoms. The Kier molecular flexibility index (Phi) is 11.5. The molecule has 0 fully saturated rings. The predicted molar refractivity (Wildman–Crippen MR) is 130 cm³/mol. The van der Waals surface area contributed by atoms with Gasteiger partial charge in [-0.15, -0.1) is 0 Å². The van der Waals surface area contributed by atoms with E-state index in [9.17, 15) is 9.59 Å². The van der Waals surface area contributed by atoms with Crippen LogP contribution >= 0.6 is 0 Å². The Labute approximate surface area is 205 Å². The highest BCUT2D eigenvalue weighted by Gasteiger charge is 2.09. The molecule has 0 heterocycles. The lowest BCUT2D eigenvalue weighted by Crippen LogP contribution is -2.30. The maximum Gasteiger partial charge on any atom is 0.331 e. The van der Waals surface area contributed by atoms with Gasteiger partial charge in [-0.1, -0.05) is 12.1 Å². The number of nitrogens with zero attached hydrogens (tertiary/aromatic N) is 1. The fourth-order valence-electron chi connectivity index (χ4n) is 3.01. The van der Waals surface area contributed by atoms with Crippen molar-refractivity contribution in [3.05, 3.63) is 53.6 Å². The van der Waals surface area contributed by atoms with Gasteiger partial charge in [0.2, 0.25) is 0 Å². The highest BCUT2D eigenvalue weighted by Crippen LogP contribution is 2.29. The van der Waals surface area contributed by atoms with Crippen molar-refractivity contribution in [3.63, 3.8) is 0 Å². The zero-order valence-electron chi connectivity index (χ0n) is 20.2. The van der Waals surface area contributed by atoms with Gasteiger partial charge in [0.25, 0.3) is 5.91 Å². The van der Waals surface area contributed by atoms with Gasteiger partial charge in [-0.3, -0.25) is 4.79 Å². The number of rotatable bonds is 14. The predicted octanol–water partition coefficient (Wildman–Crippen LogP) is 3.31. The van der Waals surface area contributed by atoms with Gasteiger partial charge >= 0.3 is 5.97 Å². The van der Waals surface area contributed by atoms with Gasteiger partial charge in [0.15, 0.2) is 36.2 Å². The van der Waals surface area contributed by atoms with Crippen molar-refractivity contribution >= 4 is 18.0 Å². The molecule has 0 radical (unpaired) electrons. The third-order valence-electron chi connectivity index (χ3n) is 4.58. The Morgan fingerprint density at radius 2 is 1.69 bits per heavy atom. The van der Waals surface area contributed by atoms with Crippen LogP contribution in [-0.2, 0) is 20.7 Å². The molecule has 9 heteroatoms. The van der Waals surface area contributed by atoms with Crippen molar-refractivity contribution in [2.75, 3.05) is 40.1 Å². The van der Waals surface area contributed by atoms with Crippen LogP contribution in [0.15, 0.2) is 42.5 Å². The maximum absolute atomic E-state index is 12.0. The zero-order chi connectivity index (χ0) is 25.5. The first-order valence-corrected chi connectivity index (χ1v) is 11.2. The minimum atomic E-state index is -0.656. The number of benzene rings is 2. The largest absolute Gasteiger partial charge is 0.493 e. The summed E-state index contributed by atoms with van der Waals surface area (Å²) in [5.74, 6) is 1.14. The summed E-state index contributed by atoms with van der Waals surface area (Å²) < 4.78 is 26.6. The molecular weight excluding hydrogens is 452 g/mol. The molecule has 0 aromatic heterocycles. The lowest BCUT2D eigenvalue weighted by Gasteiger charge is -2.12. The number of methoxy groups -OCH3 is 1. The van der Waals surface area contributed by atoms with Gasteiger partial charge in [-0.25, -0.2) is 4.79 Å². The SMILES string of the molecule is CCOc1ccc(CCNC(=O)COC(=O)/C=C/c2ccc(OCC#N)c(OC)c2)cc1OCC. The zero-order valence-corrected chi connectivity index (χ0v) is 20.2. The Morgan fingerprint density at radius 1 is 0.971 bits per heavy atom. The van der Waals surface area contributed by atoms with Crippen molar-refractivity contribution in [1.29, 1.82) is 5.26 Å². The summed E-state index contributed by atoms with van der Waals surface area (Å²) in [6, 6.07) is 12.5.